The standard InChI is InChI=1S/C38H47N3O5/c1-5-44-36(45-6-2)26-41(25-32-17-12-16-31-15-10-11-18-34(31)32)37(42)35(40-38(43)39-24-30-13-8-7-9-14-30)23-29-19-21-33(22-20-29)46-27-28(3)4/h7-22,28,35-36H,5-6,23-27H2,1-4H3,(H2,39,40,43)/t35-/m0/s1. The number of hydrogen-bond acceptors (Lipinski definition) is 5. The molecule has 0 radical (unpaired) electrons. The van der Waals surface area contributed by atoms with Crippen molar-refractivity contribution < 1.29 is 23.8 Å². The maximum absolute atomic E-state index is 14.5. The minimum Gasteiger partial charge on any atom is -0.493 e. The zero-order valence-electron chi connectivity index (χ0n) is 27.4. The number of ether oxygens (including phenoxy) is 3. The lowest BCUT2D eigenvalue weighted by molar-refractivity contribution is -0.160. The van der Waals surface area contributed by atoms with E-state index in [-0.39, 0.29) is 12.5 Å². The van der Waals surface area contributed by atoms with Gasteiger partial charge in [-0.2, -0.15) is 0 Å². The zero-order chi connectivity index (χ0) is 32.7. The van der Waals surface area contributed by atoms with Crippen LogP contribution in [0.1, 0.15) is 44.4 Å². The van der Waals surface area contributed by atoms with Gasteiger partial charge in [-0.25, -0.2) is 4.79 Å². The minimum absolute atomic E-state index is 0.204. The molecule has 8 nitrogen and oxygen atoms in total. The molecule has 0 unspecified atom stereocenters. The third kappa shape index (κ3) is 10.6. The molecule has 4 rings (SSSR count). The van der Waals surface area contributed by atoms with Gasteiger partial charge in [-0.1, -0.05) is 98.8 Å². The average Bonchev–Trinajstić information content (AvgIpc) is 3.07. The second-order valence-corrected chi connectivity index (χ2v) is 11.6. The zero-order valence-corrected chi connectivity index (χ0v) is 27.4. The van der Waals surface area contributed by atoms with Crippen molar-refractivity contribution in [3.63, 3.8) is 0 Å². The first-order valence-electron chi connectivity index (χ1n) is 16.1. The molecule has 4 aromatic rings. The van der Waals surface area contributed by atoms with Gasteiger partial charge in [0.05, 0.1) is 13.2 Å². The Labute approximate surface area is 273 Å². The molecular formula is C38H47N3O5. The van der Waals surface area contributed by atoms with Crippen molar-refractivity contribution in [3.8, 4) is 5.75 Å². The normalized spacial score (nSPS) is 11.9. The van der Waals surface area contributed by atoms with Gasteiger partial charge < -0.3 is 29.7 Å². The van der Waals surface area contributed by atoms with E-state index in [1.165, 1.54) is 0 Å². The summed E-state index contributed by atoms with van der Waals surface area (Å²) in [5, 5.41) is 8.04. The Hall–Kier alpha value is -4.40. The van der Waals surface area contributed by atoms with E-state index in [2.05, 4.69) is 42.7 Å². The third-order valence-corrected chi connectivity index (χ3v) is 7.47. The van der Waals surface area contributed by atoms with Crippen LogP contribution in [0.3, 0.4) is 0 Å². The van der Waals surface area contributed by atoms with Crippen LogP contribution in [0.2, 0.25) is 0 Å². The predicted molar refractivity (Wildman–Crippen MR) is 182 cm³/mol. The Bertz CT molecular complexity index is 1500. The van der Waals surface area contributed by atoms with Crippen molar-refractivity contribution in [2.75, 3.05) is 26.4 Å². The molecule has 0 aliphatic rings. The lowest BCUT2D eigenvalue weighted by Crippen LogP contribution is -2.53. The van der Waals surface area contributed by atoms with Crippen molar-refractivity contribution in [2.24, 2.45) is 5.92 Å². The molecule has 0 aliphatic carbocycles. The van der Waals surface area contributed by atoms with Crippen LogP contribution < -0.4 is 15.4 Å². The van der Waals surface area contributed by atoms with Crippen molar-refractivity contribution in [1.82, 2.24) is 15.5 Å². The highest BCUT2D eigenvalue weighted by atomic mass is 16.7. The van der Waals surface area contributed by atoms with E-state index in [4.69, 9.17) is 14.2 Å². The van der Waals surface area contributed by atoms with Crippen LogP contribution in [0.5, 0.6) is 5.75 Å². The molecule has 46 heavy (non-hydrogen) atoms. The molecule has 0 saturated carbocycles. The Balaban J connectivity index is 1.62. The number of urea groups is 1. The van der Waals surface area contributed by atoms with Crippen LogP contribution >= 0.6 is 0 Å². The summed E-state index contributed by atoms with van der Waals surface area (Å²) in [4.78, 5) is 29.5. The van der Waals surface area contributed by atoms with Crippen molar-refractivity contribution >= 4 is 22.7 Å². The quantitative estimate of drug-likeness (QED) is 0.127. The molecule has 3 amide bonds. The third-order valence-electron chi connectivity index (χ3n) is 7.47. The van der Waals surface area contributed by atoms with Crippen LogP contribution in [0, 0.1) is 5.92 Å². The first-order chi connectivity index (χ1) is 22.4. The first kappa shape index (κ1) is 34.5. The summed E-state index contributed by atoms with van der Waals surface area (Å²) >= 11 is 0. The lowest BCUT2D eigenvalue weighted by Gasteiger charge is -2.31. The van der Waals surface area contributed by atoms with Crippen LogP contribution in [0.15, 0.2) is 97.1 Å². The number of hydrogen-bond donors (Lipinski definition) is 2. The second kappa shape index (κ2) is 17.9. The van der Waals surface area contributed by atoms with E-state index in [1.807, 2.05) is 92.7 Å². The second-order valence-electron chi connectivity index (χ2n) is 11.6. The Kier molecular flexibility index (Phi) is 13.4. The summed E-state index contributed by atoms with van der Waals surface area (Å²) in [5.41, 5.74) is 2.86. The fraction of sp³-hybridized carbons (Fsp3) is 0.368. The van der Waals surface area contributed by atoms with Crippen molar-refractivity contribution in [3.05, 3.63) is 114 Å². The van der Waals surface area contributed by atoms with E-state index in [1.54, 1.807) is 4.90 Å². The summed E-state index contributed by atoms with van der Waals surface area (Å²) < 4.78 is 17.6. The molecule has 0 fully saturated rings. The van der Waals surface area contributed by atoms with Crippen LogP contribution in [0.4, 0.5) is 4.79 Å². The molecule has 2 N–H and O–H groups in total. The lowest BCUT2D eigenvalue weighted by atomic mass is 10.0. The number of nitrogens with zero attached hydrogens (tertiary/aromatic N) is 1. The highest BCUT2D eigenvalue weighted by molar-refractivity contribution is 5.89. The molecule has 0 spiro atoms. The van der Waals surface area contributed by atoms with Gasteiger partial charge in [0, 0.05) is 32.7 Å². The van der Waals surface area contributed by atoms with E-state index in [9.17, 15) is 9.59 Å². The number of carbonyl (C=O) groups excluding carboxylic acids is 2. The number of benzene rings is 4. The highest BCUT2D eigenvalue weighted by Crippen LogP contribution is 2.22. The highest BCUT2D eigenvalue weighted by Gasteiger charge is 2.29. The molecular weight excluding hydrogens is 578 g/mol. The Morgan fingerprint density at radius 3 is 2.15 bits per heavy atom. The van der Waals surface area contributed by atoms with Gasteiger partial charge in [-0.3, -0.25) is 4.79 Å². The molecule has 8 heteroatoms. The van der Waals surface area contributed by atoms with Gasteiger partial charge in [0.25, 0.3) is 0 Å². The van der Waals surface area contributed by atoms with Crippen LogP contribution in [0.25, 0.3) is 10.8 Å². The number of nitrogens with one attached hydrogen (secondary N) is 2. The SMILES string of the molecule is CCOC(CN(Cc1cccc2ccccc12)C(=O)[C@H](Cc1ccc(OCC(C)C)cc1)NC(=O)NCc1ccccc1)OCC. The maximum Gasteiger partial charge on any atom is 0.315 e. The predicted octanol–water partition coefficient (Wildman–Crippen LogP) is 6.71. The first-order valence-corrected chi connectivity index (χ1v) is 16.1. The van der Waals surface area contributed by atoms with E-state index < -0.39 is 18.4 Å². The number of fused-ring (bicyclic) bond motifs is 1. The van der Waals surface area contributed by atoms with Gasteiger partial charge >= 0.3 is 6.03 Å². The molecule has 4 aromatic carbocycles. The molecule has 0 aromatic heterocycles. The van der Waals surface area contributed by atoms with E-state index in [0.29, 0.717) is 45.2 Å². The summed E-state index contributed by atoms with van der Waals surface area (Å²) in [6, 6.07) is 30.3. The molecule has 0 bridgehead atoms. The topological polar surface area (TPSA) is 89.1 Å². The fourth-order valence-electron chi connectivity index (χ4n) is 5.20. The van der Waals surface area contributed by atoms with E-state index >= 15 is 0 Å². The molecule has 244 valence electrons. The average molecular weight is 626 g/mol. The molecule has 1 atom stereocenters. The van der Waals surface area contributed by atoms with Gasteiger partial charge in [-0.15, -0.1) is 0 Å². The summed E-state index contributed by atoms with van der Waals surface area (Å²) in [6.07, 6.45) is -0.318. The Morgan fingerprint density at radius 2 is 1.46 bits per heavy atom. The largest absolute Gasteiger partial charge is 0.493 e. The summed E-state index contributed by atoms with van der Waals surface area (Å²) in [5.74, 6) is 0.945. The van der Waals surface area contributed by atoms with Crippen LogP contribution in [-0.4, -0.2) is 55.5 Å². The van der Waals surface area contributed by atoms with Gasteiger partial charge in [0.15, 0.2) is 6.29 Å². The summed E-state index contributed by atoms with van der Waals surface area (Å²) in [7, 11) is 0. The smallest absolute Gasteiger partial charge is 0.315 e. The molecule has 0 saturated heterocycles. The summed E-state index contributed by atoms with van der Waals surface area (Å²) in [6.45, 7) is 10.4. The number of amides is 3. The molecule has 0 heterocycles. The van der Waals surface area contributed by atoms with Crippen molar-refractivity contribution in [1.29, 1.82) is 0 Å². The van der Waals surface area contributed by atoms with Crippen molar-refractivity contribution in [2.45, 2.75) is 59.5 Å². The fourth-order valence-corrected chi connectivity index (χ4v) is 5.20. The van der Waals surface area contributed by atoms with Gasteiger partial charge in [0.2, 0.25) is 5.91 Å². The minimum atomic E-state index is -0.850. The van der Waals surface area contributed by atoms with Crippen LogP contribution in [-0.2, 0) is 33.8 Å². The Morgan fingerprint density at radius 1 is 0.783 bits per heavy atom. The number of rotatable bonds is 17. The molecule has 0 aliphatic heterocycles. The number of carbonyl (C=O) groups is 2. The van der Waals surface area contributed by atoms with Gasteiger partial charge in [0.1, 0.15) is 11.8 Å². The maximum atomic E-state index is 14.5. The van der Waals surface area contributed by atoms with E-state index in [0.717, 1.165) is 33.2 Å². The monoisotopic (exact) mass is 625 g/mol. The van der Waals surface area contributed by atoms with Gasteiger partial charge in [-0.05, 0) is 59.4 Å².